The van der Waals surface area contributed by atoms with Crippen LogP contribution in [0.4, 0.5) is 10.2 Å². The summed E-state index contributed by atoms with van der Waals surface area (Å²) in [5, 5.41) is 9.14. The third kappa shape index (κ3) is 5.36. The van der Waals surface area contributed by atoms with Crippen LogP contribution in [0.1, 0.15) is 40.4 Å². The van der Waals surface area contributed by atoms with Crippen molar-refractivity contribution in [2.75, 3.05) is 11.2 Å². The summed E-state index contributed by atoms with van der Waals surface area (Å²) in [6.07, 6.45) is 0. The fourth-order valence-corrected chi connectivity index (χ4v) is 3.31. The van der Waals surface area contributed by atoms with Gasteiger partial charge >= 0.3 is 0 Å². The number of rotatable bonds is 6. The SMILES string of the molecule is CC(C)(NCS(=O)(=O)c1ccc(F)cc1)C(=O)Nc1cc(C(C)(C)C)on1. The zero-order valence-corrected chi connectivity index (χ0v) is 16.8. The van der Waals surface area contributed by atoms with E-state index < -0.39 is 33.0 Å². The summed E-state index contributed by atoms with van der Waals surface area (Å²) < 4.78 is 42.9. The smallest absolute Gasteiger partial charge is 0.245 e. The second-order valence-corrected chi connectivity index (χ2v) is 9.78. The molecule has 1 amide bonds. The zero-order chi connectivity index (χ0) is 20.5. The van der Waals surface area contributed by atoms with Crippen LogP contribution in [-0.4, -0.2) is 30.9 Å². The molecule has 7 nitrogen and oxygen atoms in total. The first-order chi connectivity index (χ1) is 12.3. The van der Waals surface area contributed by atoms with Crippen molar-refractivity contribution in [1.82, 2.24) is 10.5 Å². The van der Waals surface area contributed by atoms with Crippen LogP contribution in [-0.2, 0) is 20.0 Å². The second kappa shape index (κ2) is 7.40. The average Bonchev–Trinajstić information content (AvgIpc) is 3.02. The van der Waals surface area contributed by atoms with E-state index in [2.05, 4.69) is 15.8 Å². The molecule has 0 atom stereocenters. The Kier molecular flexibility index (Phi) is 5.77. The van der Waals surface area contributed by atoms with E-state index in [9.17, 15) is 17.6 Å². The van der Waals surface area contributed by atoms with Crippen LogP contribution < -0.4 is 10.6 Å². The highest BCUT2D eigenvalue weighted by Crippen LogP contribution is 2.24. The molecular weight excluding hydrogens is 373 g/mol. The Labute approximate surface area is 158 Å². The van der Waals surface area contributed by atoms with E-state index in [0.29, 0.717) is 5.76 Å². The molecule has 27 heavy (non-hydrogen) atoms. The normalized spacial score (nSPS) is 12.8. The van der Waals surface area contributed by atoms with E-state index in [1.807, 2.05) is 20.8 Å². The number of sulfone groups is 1. The van der Waals surface area contributed by atoms with Gasteiger partial charge in [0.1, 0.15) is 17.5 Å². The lowest BCUT2D eigenvalue weighted by molar-refractivity contribution is -0.121. The van der Waals surface area contributed by atoms with Gasteiger partial charge in [-0.05, 0) is 38.1 Å². The molecule has 0 aliphatic rings. The Hall–Kier alpha value is -2.26. The number of hydrogen-bond donors (Lipinski definition) is 2. The lowest BCUT2D eigenvalue weighted by Gasteiger charge is -2.24. The molecule has 0 aliphatic carbocycles. The number of nitrogens with zero attached hydrogens (tertiary/aromatic N) is 1. The number of amides is 1. The number of hydrogen-bond acceptors (Lipinski definition) is 6. The van der Waals surface area contributed by atoms with Gasteiger partial charge in [-0.15, -0.1) is 0 Å². The number of anilines is 1. The second-order valence-electron chi connectivity index (χ2n) is 7.80. The quantitative estimate of drug-likeness (QED) is 0.727. The summed E-state index contributed by atoms with van der Waals surface area (Å²) in [5.74, 6) is -0.608. The molecule has 0 spiro atoms. The topological polar surface area (TPSA) is 101 Å². The van der Waals surface area contributed by atoms with Gasteiger partial charge in [-0.3, -0.25) is 10.1 Å². The Morgan fingerprint density at radius 3 is 2.26 bits per heavy atom. The lowest BCUT2D eigenvalue weighted by atomic mass is 9.93. The molecule has 9 heteroatoms. The minimum atomic E-state index is -3.72. The van der Waals surface area contributed by atoms with Crippen molar-refractivity contribution in [2.24, 2.45) is 0 Å². The van der Waals surface area contributed by atoms with Crippen molar-refractivity contribution in [3.63, 3.8) is 0 Å². The van der Waals surface area contributed by atoms with Crippen molar-refractivity contribution in [3.8, 4) is 0 Å². The number of nitrogens with one attached hydrogen (secondary N) is 2. The van der Waals surface area contributed by atoms with Gasteiger partial charge in [0.05, 0.1) is 10.4 Å². The van der Waals surface area contributed by atoms with Crippen molar-refractivity contribution in [2.45, 2.75) is 50.5 Å². The first-order valence-electron chi connectivity index (χ1n) is 8.33. The molecule has 0 fully saturated rings. The highest BCUT2D eigenvalue weighted by molar-refractivity contribution is 7.91. The third-order valence-electron chi connectivity index (χ3n) is 3.94. The summed E-state index contributed by atoms with van der Waals surface area (Å²) in [6, 6.07) is 6.14. The highest BCUT2D eigenvalue weighted by Gasteiger charge is 2.30. The minimum Gasteiger partial charge on any atom is -0.359 e. The first-order valence-corrected chi connectivity index (χ1v) is 9.98. The monoisotopic (exact) mass is 397 g/mol. The van der Waals surface area contributed by atoms with Crippen LogP contribution in [0.25, 0.3) is 0 Å². The summed E-state index contributed by atoms with van der Waals surface area (Å²) >= 11 is 0. The molecule has 0 radical (unpaired) electrons. The molecule has 0 bridgehead atoms. The fourth-order valence-electron chi connectivity index (χ4n) is 2.04. The van der Waals surface area contributed by atoms with Crippen molar-refractivity contribution in [1.29, 1.82) is 0 Å². The van der Waals surface area contributed by atoms with E-state index in [-0.39, 0.29) is 16.1 Å². The lowest BCUT2D eigenvalue weighted by Crippen LogP contribution is -2.51. The zero-order valence-electron chi connectivity index (χ0n) is 16.0. The molecule has 148 valence electrons. The molecule has 1 heterocycles. The van der Waals surface area contributed by atoms with Crippen molar-refractivity contribution < 1.29 is 22.1 Å². The minimum absolute atomic E-state index is 0.0288. The predicted octanol–water partition coefficient (Wildman–Crippen LogP) is 2.85. The number of benzene rings is 1. The van der Waals surface area contributed by atoms with Gasteiger partial charge in [0.15, 0.2) is 15.7 Å². The maximum Gasteiger partial charge on any atom is 0.245 e. The molecule has 1 aromatic carbocycles. The molecule has 2 N–H and O–H groups in total. The number of carbonyl (C=O) groups is 1. The predicted molar refractivity (Wildman–Crippen MR) is 99.5 cm³/mol. The largest absolute Gasteiger partial charge is 0.359 e. The van der Waals surface area contributed by atoms with Crippen LogP contribution in [0.5, 0.6) is 0 Å². The maximum atomic E-state index is 13.0. The number of aromatic nitrogens is 1. The van der Waals surface area contributed by atoms with E-state index >= 15 is 0 Å². The van der Waals surface area contributed by atoms with Gasteiger partial charge < -0.3 is 9.84 Å². The Bertz CT molecular complexity index is 913. The van der Waals surface area contributed by atoms with Gasteiger partial charge in [0.2, 0.25) is 5.91 Å². The van der Waals surface area contributed by atoms with Gasteiger partial charge in [-0.1, -0.05) is 25.9 Å². The molecule has 0 saturated heterocycles. The molecule has 0 unspecified atom stereocenters. The Balaban J connectivity index is 2.03. The maximum absolute atomic E-state index is 13.0. The van der Waals surface area contributed by atoms with E-state index in [4.69, 9.17) is 4.52 Å². The molecule has 2 aromatic rings. The summed E-state index contributed by atoms with van der Waals surface area (Å²) in [5.41, 5.74) is -1.46. The molecule has 2 rings (SSSR count). The first kappa shape index (κ1) is 21.0. The van der Waals surface area contributed by atoms with Gasteiger partial charge in [-0.2, -0.15) is 0 Å². The Morgan fingerprint density at radius 2 is 1.74 bits per heavy atom. The molecule has 0 saturated carbocycles. The molecule has 0 aliphatic heterocycles. The van der Waals surface area contributed by atoms with E-state index in [0.717, 1.165) is 12.1 Å². The van der Waals surface area contributed by atoms with Crippen molar-refractivity contribution in [3.05, 3.63) is 41.9 Å². The Morgan fingerprint density at radius 1 is 1.15 bits per heavy atom. The van der Waals surface area contributed by atoms with Crippen LogP contribution >= 0.6 is 0 Å². The molecular formula is C18H24FN3O4S. The summed E-state index contributed by atoms with van der Waals surface area (Å²) in [6.45, 7) is 8.95. The van der Waals surface area contributed by atoms with Crippen LogP contribution in [0.3, 0.4) is 0 Å². The van der Waals surface area contributed by atoms with E-state index in [1.54, 1.807) is 19.9 Å². The number of halogens is 1. The van der Waals surface area contributed by atoms with E-state index in [1.165, 1.54) is 12.1 Å². The average molecular weight is 397 g/mol. The van der Waals surface area contributed by atoms with Crippen LogP contribution in [0.15, 0.2) is 39.8 Å². The van der Waals surface area contributed by atoms with Crippen molar-refractivity contribution >= 4 is 21.6 Å². The fraction of sp³-hybridized carbons (Fsp3) is 0.444. The van der Waals surface area contributed by atoms with Crippen LogP contribution in [0.2, 0.25) is 0 Å². The van der Waals surface area contributed by atoms with Gasteiger partial charge in [0.25, 0.3) is 0 Å². The summed E-state index contributed by atoms with van der Waals surface area (Å²) in [7, 11) is -3.72. The highest BCUT2D eigenvalue weighted by atomic mass is 32.2. The van der Waals surface area contributed by atoms with Gasteiger partial charge in [-0.25, -0.2) is 12.8 Å². The summed E-state index contributed by atoms with van der Waals surface area (Å²) in [4.78, 5) is 12.5. The van der Waals surface area contributed by atoms with Crippen LogP contribution in [0, 0.1) is 5.82 Å². The number of carbonyl (C=O) groups excluding carboxylic acids is 1. The standard InChI is InChI=1S/C18H24FN3O4S/c1-17(2,3)14-10-15(22-26-14)21-16(23)18(4,5)20-11-27(24,25)13-8-6-12(19)7-9-13/h6-10,20H,11H2,1-5H3,(H,21,22,23). The van der Waals surface area contributed by atoms with Gasteiger partial charge in [0, 0.05) is 11.5 Å². The third-order valence-corrected chi connectivity index (χ3v) is 5.45. The molecule has 1 aromatic heterocycles.